The van der Waals surface area contributed by atoms with E-state index in [2.05, 4.69) is 54.9 Å². The Morgan fingerprint density at radius 1 is 1.35 bits per heavy atom. The van der Waals surface area contributed by atoms with Crippen molar-refractivity contribution >= 4 is 11.3 Å². The molecule has 0 bridgehead atoms. The molecule has 0 saturated heterocycles. The summed E-state index contributed by atoms with van der Waals surface area (Å²) in [7, 11) is 0. The van der Waals surface area contributed by atoms with Crippen LogP contribution in [0.1, 0.15) is 48.4 Å². The summed E-state index contributed by atoms with van der Waals surface area (Å²) < 4.78 is 5.59. The van der Waals surface area contributed by atoms with Gasteiger partial charge >= 0.3 is 0 Å². The van der Waals surface area contributed by atoms with Crippen molar-refractivity contribution in [2.24, 2.45) is 0 Å². The van der Waals surface area contributed by atoms with Crippen LogP contribution >= 0.6 is 11.3 Å². The molecule has 0 spiro atoms. The number of benzene rings is 1. The van der Waals surface area contributed by atoms with E-state index in [0.29, 0.717) is 12.1 Å². The van der Waals surface area contributed by atoms with Gasteiger partial charge in [-0.05, 0) is 42.0 Å². The van der Waals surface area contributed by atoms with E-state index in [-0.39, 0.29) is 0 Å². The van der Waals surface area contributed by atoms with Gasteiger partial charge in [-0.2, -0.15) is 0 Å². The summed E-state index contributed by atoms with van der Waals surface area (Å²) in [5, 5.41) is 5.89. The molecule has 1 aromatic heterocycles. The van der Waals surface area contributed by atoms with E-state index in [1.54, 1.807) is 0 Å². The van der Waals surface area contributed by atoms with Crippen LogP contribution in [0.4, 0.5) is 0 Å². The Morgan fingerprint density at radius 2 is 2.25 bits per heavy atom. The summed E-state index contributed by atoms with van der Waals surface area (Å²) >= 11 is 1.82. The molecule has 2 heterocycles. The zero-order valence-corrected chi connectivity index (χ0v) is 12.9. The lowest BCUT2D eigenvalue weighted by Gasteiger charge is -2.22. The first kappa shape index (κ1) is 13.7. The summed E-state index contributed by atoms with van der Waals surface area (Å²) in [6.45, 7) is 5.31. The summed E-state index contributed by atoms with van der Waals surface area (Å²) in [5.41, 5.74) is 2.73. The van der Waals surface area contributed by atoms with Crippen molar-refractivity contribution in [2.45, 2.75) is 38.8 Å². The highest BCUT2D eigenvalue weighted by Crippen LogP contribution is 2.30. The van der Waals surface area contributed by atoms with Crippen LogP contribution in [0, 0.1) is 0 Å². The predicted octanol–water partition coefficient (Wildman–Crippen LogP) is 4.48. The number of thiophene rings is 1. The average molecular weight is 287 g/mol. The van der Waals surface area contributed by atoms with E-state index < -0.39 is 0 Å². The van der Waals surface area contributed by atoms with E-state index >= 15 is 0 Å². The molecule has 1 unspecified atom stereocenters. The van der Waals surface area contributed by atoms with Crippen molar-refractivity contribution < 1.29 is 4.74 Å². The van der Waals surface area contributed by atoms with Crippen LogP contribution in [0.25, 0.3) is 0 Å². The number of ether oxygens (including phenoxy) is 1. The van der Waals surface area contributed by atoms with Gasteiger partial charge in [0.1, 0.15) is 5.75 Å². The number of fused-ring (bicyclic) bond motifs is 1. The molecule has 106 valence electrons. The zero-order chi connectivity index (χ0) is 13.9. The highest BCUT2D eigenvalue weighted by atomic mass is 32.1. The van der Waals surface area contributed by atoms with Crippen LogP contribution in [0.2, 0.25) is 0 Å². The molecule has 1 aliphatic heterocycles. The van der Waals surface area contributed by atoms with Crippen molar-refractivity contribution in [3.63, 3.8) is 0 Å². The molecule has 3 rings (SSSR count). The first-order chi connectivity index (χ1) is 9.78. The minimum Gasteiger partial charge on any atom is -0.493 e. The van der Waals surface area contributed by atoms with Crippen LogP contribution in [0.15, 0.2) is 35.7 Å². The smallest absolute Gasteiger partial charge is 0.122 e. The van der Waals surface area contributed by atoms with E-state index in [4.69, 9.17) is 4.74 Å². The van der Waals surface area contributed by atoms with Gasteiger partial charge in [0.2, 0.25) is 0 Å². The fourth-order valence-corrected chi connectivity index (χ4v) is 3.54. The second-order valence-electron chi connectivity index (χ2n) is 5.33. The number of nitrogens with one attached hydrogen (secondary N) is 1. The standard InChI is InChI=1S/C17H21NOS/c1-3-15(18-12(2)17-5-4-10-20-17)13-6-7-16-14(11-13)8-9-19-16/h4-7,10-12,15,18H,3,8-9H2,1-2H3/t12-,15?/m1/s1. The summed E-state index contributed by atoms with van der Waals surface area (Å²) in [5.74, 6) is 1.06. The van der Waals surface area contributed by atoms with Crippen molar-refractivity contribution in [3.05, 3.63) is 51.7 Å². The third-order valence-corrected chi connectivity index (χ3v) is 5.00. The fourth-order valence-electron chi connectivity index (χ4n) is 2.79. The summed E-state index contributed by atoms with van der Waals surface area (Å²) in [6, 6.07) is 11.7. The van der Waals surface area contributed by atoms with Crippen molar-refractivity contribution in [2.75, 3.05) is 6.61 Å². The van der Waals surface area contributed by atoms with Crippen LogP contribution in [0.5, 0.6) is 5.75 Å². The van der Waals surface area contributed by atoms with Crippen LogP contribution in [-0.2, 0) is 6.42 Å². The molecule has 2 nitrogen and oxygen atoms in total. The first-order valence-electron chi connectivity index (χ1n) is 7.33. The van der Waals surface area contributed by atoms with Crippen molar-refractivity contribution in [3.8, 4) is 5.75 Å². The maximum Gasteiger partial charge on any atom is 0.122 e. The zero-order valence-electron chi connectivity index (χ0n) is 12.1. The molecule has 2 aromatic rings. The fraction of sp³-hybridized carbons (Fsp3) is 0.412. The largest absolute Gasteiger partial charge is 0.493 e. The predicted molar refractivity (Wildman–Crippen MR) is 84.5 cm³/mol. The topological polar surface area (TPSA) is 21.3 Å². The van der Waals surface area contributed by atoms with E-state index in [1.165, 1.54) is 16.0 Å². The first-order valence-corrected chi connectivity index (χ1v) is 8.21. The minimum absolute atomic E-state index is 0.393. The van der Waals surface area contributed by atoms with Crippen molar-refractivity contribution in [1.29, 1.82) is 0 Å². The molecule has 2 atom stereocenters. The number of hydrogen-bond donors (Lipinski definition) is 1. The highest BCUT2D eigenvalue weighted by Gasteiger charge is 2.18. The van der Waals surface area contributed by atoms with Gasteiger partial charge < -0.3 is 10.1 Å². The number of rotatable bonds is 5. The summed E-state index contributed by atoms with van der Waals surface area (Å²) in [4.78, 5) is 1.40. The molecule has 1 aromatic carbocycles. The van der Waals surface area contributed by atoms with Gasteiger partial charge in [0.05, 0.1) is 6.61 Å². The van der Waals surface area contributed by atoms with Gasteiger partial charge in [0.15, 0.2) is 0 Å². The molecule has 0 fully saturated rings. The third kappa shape index (κ3) is 2.74. The lowest BCUT2D eigenvalue weighted by atomic mass is 10.00. The molecule has 1 N–H and O–H groups in total. The molecule has 0 saturated carbocycles. The maximum atomic E-state index is 5.59. The van der Waals surface area contributed by atoms with Crippen LogP contribution in [0.3, 0.4) is 0 Å². The second-order valence-corrected chi connectivity index (χ2v) is 6.31. The molecule has 0 amide bonds. The van der Waals surface area contributed by atoms with Gasteiger partial charge in [-0.1, -0.05) is 25.1 Å². The third-order valence-electron chi connectivity index (χ3n) is 3.95. The van der Waals surface area contributed by atoms with Gasteiger partial charge in [-0.15, -0.1) is 11.3 Å². The average Bonchev–Trinajstić information content (AvgIpc) is 3.14. The molecule has 0 aliphatic carbocycles. The Hall–Kier alpha value is -1.32. The molecular formula is C17H21NOS. The monoisotopic (exact) mass is 287 g/mol. The molecule has 3 heteroatoms. The Bertz CT molecular complexity index is 564. The Morgan fingerprint density at radius 3 is 3.00 bits per heavy atom. The molecule has 0 radical (unpaired) electrons. The normalized spacial score (nSPS) is 16.5. The molecule has 20 heavy (non-hydrogen) atoms. The lowest BCUT2D eigenvalue weighted by Crippen LogP contribution is -2.23. The quantitative estimate of drug-likeness (QED) is 0.875. The van der Waals surface area contributed by atoms with Crippen LogP contribution < -0.4 is 10.1 Å². The van der Waals surface area contributed by atoms with Crippen molar-refractivity contribution in [1.82, 2.24) is 5.32 Å². The maximum absolute atomic E-state index is 5.59. The lowest BCUT2D eigenvalue weighted by molar-refractivity contribution is 0.356. The van der Waals surface area contributed by atoms with Gasteiger partial charge in [-0.3, -0.25) is 0 Å². The molecular weight excluding hydrogens is 266 g/mol. The Labute approximate surface area is 124 Å². The van der Waals surface area contributed by atoms with Gasteiger partial charge in [0, 0.05) is 23.4 Å². The molecule has 1 aliphatic rings. The van der Waals surface area contributed by atoms with Gasteiger partial charge in [-0.25, -0.2) is 0 Å². The SMILES string of the molecule is CCC(N[C@H](C)c1cccs1)c1ccc2c(c1)CCO2. The minimum atomic E-state index is 0.393. The Kier molecular flexibility index (Phi) is 4.08. The van der Waals surface area contributed by atoms with E-state index in [9.17, 15) is 0 Å². The Balaban J connectivity index is 1.76. The van der Waals surface area contributed by atoms with E-state index in [0.717, 1.165) is 25.2 Å². The van der Waals surface area contributed by atoms with Gasteiger partial charge in [0.25, 0.3) is 0 Å². The second kappa shape index (κ2) is 5.98. The number of hydrogen-bond acceptors (Lipinski definition) is 3. The highest BCUT2D eigenvalue weighted by molar-refractivity contribution is 7.10. The van der Waals surface area contributed by atoms with Crippen LogP contribution in [-0.4, -0.2) is 6.61 Å². The summed E-state index contributed by atoms with van der Waals surface area (Å²) in [6.07, 6.45) is 2.13. The van der Waals surface area contributed by atoms with E-state index in [1.807, 2.05) is 11.3 Å².